The van der Waals surface area contributed by atoms with Crippen LogP contribution in [0.25, 0.3) is 10.2 Å². The van der Waals surface area contributed by atoms with E-state index in [0.29, 0.717) is 53.4 Å². The van der Waals surface area contributed by atoms with E-state index in [1.807, 2.05) is 42.2 Å². The lowest BCUT2D eigenvalue weighted by Crippen LogP contribution is -2.49. The van der Waals surface area contributed by atoms with Crippen molar-refractivity contribution in [3.8, 4) is 0 Å². The number of aliphatic hydroxyl groups is 1. The predicted octanol–water partition coefficient (Wildman–Crippen LogP) is 1.79. The van der Waals surface area contributed by atoms with Crippen molar-refractivity contribution in [2.45, 2.75) is 13.0 Å². The van der Waals surface area contributed by atoms with Crippen LogP contribution in [-0.2, 0) is 7.05 Å². The van der Waals surface area contributed by atoms with Gasteiger partial charge in [0.05, 0.1) is 22.7 Å². The molecular formula is C21H24N4O3S. The van der Waals surface area contributed by atoms with Gasteiger partial charge in [-0.1, -0.05) is 30.3 Å². The Kier molecular flexibility index (Phi) is 5.49. The summed E-state index contributed by atoms with van der Waals surface area (Å²) in [6.45, 7) is 4.98. The van der Waals surface area contributed by atoms with Crippen LogP contribution in [0.15, 0.2) is 41.5 Å². The number of benzene rings is 1. The highest BCUT2D eigenvalue weighted by Crippen LogP contribution is 2.28. The van der Waals surface area contributed by atoms with Crippen LogP contribution in [-0.4, -0.2) is 63.1 Å². The van der Waals surface area contributed by atoms with Gasteiger partial charge in [0.15, 0.2) is 0 Å². The van der Waals surface area contributed by atoms with Gasteiger partial charge in [-0.2, -0.15) is 0 Å². The summed E-state index contributed by atoms with van der Waals surface area (Å²) in [6, 6.07) is 9.62. The molecule has 0 saturated carbocycles. The molecule has 1 aliphatic rings. The molecule has 1 aliphatic heterocycles. The number of aryl methyl sites for hydroxylation is 2. The van der Waals surface area contributed by atoms with Crippen LogP contribution in [0.2, 0.25) is 0 Å². The van der Waals surface area contributed by atoms with Crippen molar-refractivity contribution in [2.75, 3.05) is 32.7 Å². The van der Waals surface area contributed by atoms with E-state index in [0.717, 1.165) is 5.56 Å². The zero-order valence-electron chi connectivity index (χ0n) is 16.5. The number of amides is 1. The van der Waals surface area contributed by atoms with Gasteiger partial charge >= 0.3 is 0 Å². The Labute approximate surface area is 172 Å². The van der Waals surface area contributed by atoms with E-state index in [2.05, 4.69) is 9.88 Å². The van der Waals surface area contributed by atoms with Crippen molar-refractivity contribution in [1.82, 2.24) is 19.4 Å². The molecule has 29 heavy (non-hydrogen) atoms. The van der Waals surface area contributed by atoms with E-state index >= 15 is 0 Å². The van der Waals surface area contributed by atoms with E-state index in [-0.39, 0.29) is 11.5 Å². The summed E-state index contributed by atoms with van der Waals surface area (Å²) in [5, 5.41) is 11.0. The molecule has 152 valence electrons. The van der Waals surface area contributed by atoms with Gasteiger partial charge in [-0.3, -0.25) is 14.5 Å². The van der Waals surface area contributed by atoms with Crippen molar-refractivity contribution in [1.29, 1.82) is 0 Å². The highest BCUT2D eigenvalue weighted by atomic mass is 32.1. The number of nitrogens with zero attached hydrogens (tertiary/aromatic N) is 4. The number of carbonyl (C=O) groups excluding carboxylic acids is 1. The maximum atomic E-state index is 13.1. The molecule has 1 unspecified atom stereocenters. The highest BCUT2D eigenvalue weighted by molar-refractivity contribution is 7.20. The molecule has 8 heteroatoms. The van der Waals surface area contributed by atoms with Crippen LogP contribution in [0.5, 0.6) is 0 Å². The number of thiophene rings is 1. The first kappa shape index (κ1) is 19.8. The van der Waals surface area contributed by atoms with E-state index in [4.69, 9.17) is 0 Å². The number of aromatic nitrogens is 2. The zero-order valence-corrected chi connectivity index (χ0v) is 17.4. The van der Waals surface area contributed by atoms with Gasteiger partial charge in [0.25, 0.3) is 11.5 Å². The Bertz CT molecular complexity index is 1080. The van der Waals surface area contributed by atoms with E-state index < -0.39 is 6.10 Å². The minimum atomic E-state index is -0.536. The van der Waals surface area contributed by atoms with Crippen molar-refractivity contribution >= 4 is 27.5 Å². The minimum absolute atomic E-state index is 0.0455. The van der Waals surface area contributed by atoms with Crippen molar-refractivity contribution in [2.24, 2.45) is 7.05 Å². The Balaban J connectivity index is 1.43. The third kappa shape index (κ3) is 3.83. The number of rotatable bonds is 4. The van der Waals surface area contributed by atoms with E-state index in [1.165, 1.54) is 22.2 Å². The monoisotopic (exact) mass is 412 g/mol. The first-order chi connectivity index (χ1) is 14.0. The van der Waals surface area contributed by atoms with Gasteiger partial charge in [0.1, 0.15) is 4.83 Å². The summed E-state index contributed by atoms with van der Waals surface area (Å²) in [7, 11) is 1.66. The molecule has 1 aromatic carbocycles. The number of piperazine rings is 1. The average Bonchev–Trinajstić information content (AvgIpc) is 3.08. The lowest BCUT2D eigenvalue weighted by molar-refractivity contribution is 0.0531. The van der Waals surface area contributed by atoms with Crippen LogP contribution >= 0.6 is 11.3 Å². The minimum Gasteiger partial charge on any atom is -0.387 e. The molecule has 2 aromatic heterocycles. The molecule has 0 aliphatic carbocycles. The van der Waals surface area contributed by atoms with Crippen molar-refractivity contribution in [3.05, 3.63) is 63.0 Å². The zero-order chi connectivity index (χ0) is 20.5. The largest absolute Gasteiger partial charge is 0.387 e. The topological polar surface area (TPSA) is 78.7 Å². The summed E-state index contributed by atoms with van der Waals surface area (Å²) in [5.41, 5.74) is 1.49. The standard InChI is InChI=1S/C21H24N4O3S/c1-14-17-19(22-13-23(2)20(17)27)29-18(14)21(28)25-10-8-24(9-11-25)12-16(26)15-6-4-3-5-7-15/h3-7,13,16,26H,8-12H2,1-2H3. The van der Waals surface area contributed by atoms with Crippen molar-refractivity contribution < 1.29 is 9.90 Å². The summed E-state index contributed by atoms with van der Waals surface area (Å²) in [6.07, 6.45) is 0.955. The molecule has 4 rings (SSSR count). The molecule has 7 nitrogen and oxygen atoms in total. The average molecular weight is 413 g/mol. The second kappa shape index (κ2) is 8.06. The molecule has 1 fully saturated rings. The van der Waals surface area contributed by atoms with E-state index in [9.17, 15) is 14.7 Å². The fourth-order valence-electron chi connectivity index (χ4n) is 3.72. The van der Waals surface area contributed by atoms with Gasteiger partial charge in [-0.25, -0.2) is 4.98 Å². The summed E-state index contributed by atoms with van der Waals surface area (Å²) >= 11 is 1.29. The maximum absolute atomic E-state index is 13.1. The van der Waals surface area contributed by atoms with E-state index in [1.54, 1.807) is 7.05 Å². The Morgan fingerprint density at radius 1 is 1.21 bits per heavy atom. The summed E-state index contributed by atoms with van der Waals surface area (Å²) < 4.78 is 1.44. The Morgan fingerprint density at radius 2 is 1.90 bits per heavy atom. The normalized spacial score (nSPS) is 16.3. The molecule has 1 saturated heterocycles. The molecule has 1 atom stereocenters. The van der Waals surface area contributed by atoms with Crippen LogP contribution in [0.3, 0.4) is 0 Å². The number of hydrogen-bond acceptors (Lipinski definition) is 6. The number of hydrogen-bond donors (Lipinski definition) is 1. The summed E-state index contributed by atoms with van der Waals surface area (Å²) in [5.74, 6) is -0.0455. The third-order valence-corrected chi connectivity index (χ3v) is 6.67. The lowest BCUT2D eigenvalue weighted by Gasteiger charge is -2.35. The fourth-order valence-corrected chi connectivity index (χ4v) is 4.82. The van der Waals surface area contributed by atoms with Gasteiger partial charge in [-0.05, 0) is 18.1 Å². The Hall–Kier alpha value is -2.55. The number of carbonyl (C=O) groups is 1. The highest BCUT2D eigenvalue weighted by Gasteiger charge is 2.27. The predicted molar refractivity (Wildman–Crippen MR) is 113 cm³/mol. The molecule has 1 amide bonds. The second-order valence-corrected chi connectivity index (χ2v) is 8.42. The first-order valence-corrected chi connectivity index (χ1v) is 10.5. The molecule has 3 heterocycles. The third-order valence-electron chi connectivity index (χ3n) is 5.48. The molecule has 1 N–H and O–H groups in total. The molecule has 0 bridgehead atoms. The lowest BCUT2D eigenvalue weighted by atomic mass is 10.1. The van der Waals surface area contributed by atoms with Gasteiger partial charge < -0.3 is 14.6 Å². The second-order valence-electron chi connectivity index (χ2n) is 7.42. The maximum Gasteiger partial charge on any atom is 0.264 e. The molecular weight excluding hydrogens is 388 g/mol. The first-order valence-electron chi connectivity index (χ1n) is 9.65. The molecule has 0 radical (unpaired) electrons. The molecule has 0 spiro atoms. The Morgan fingerprint density at radius 3 is 2.59 bits per heavy atom. The SMILES string of the molecule is Cc1c(C(=O)N2CCN(CC(O)c3ccccc3)CC2)sc2ncn(C)c(=O)c12. The number of fused-ring (bicyclic) bond motifs is 1. The van der Waals surface area contributed by atoms with Gasteiger partial charge in [-0.15, -0.1) is 11.3 Å². The van der Waals surface area contributed by atoms with Gasteiger partial charge in [0.2, 0.25) is 0 Å². The van der Waals surface area contributed by atoms with Crippen LogP contribution in [0.1, 0.15) is 26.9 Å². The van der Waals surface area contributed by atoms with Crippen molar-refractivity contribution in [3.63, 3.8) is 0 Å². The van der Waals surface area contributed by atoms with Gasteiger partial charge in [0, 0.05) is 39.8 Å². The van der Waals surface area contributed by atoms with Crippen LogP contribution in [0.4, 0.5) is 0 Å². The van der Waals surface area contributed by atoms with Crippen LogP contribution in [0, 0.1) is 6.92 Å². The number of β-amino-alcohol motifs (C(OH)–C–C–N with tert-alkyl or cyclic N) is 1. The fraction of sp³-hybridized carbons (Fsp3) is 0.381. The quantitative estimate of drug-likeness (QED) is 0.707. The number of aliphatic hydroxyl groups excluding tert-OH is 1. The smallest absolute Gasteiger partial charge is 0.264 e. The molecule has 3 aromatic rings. The summed E-state index contributed by atoms with van der Waals surface area (Å²) in [4.78, 5) is 35.0. The van der Waals surface area contributed by atoms with Crippen LogP contribution < -0.4 is 5.56 Å².